The monoisotopic (exact) mass is 832 g/mol. The first-order valence-electron chi connectivity index (χ1n) is 22.0. The number of aromatic nitrogens is 1. The fourth-order valence-corrected chi connectivity index (χ4v) is 12.0. The van der Waals surface area contributed by atoms with Gasteiger partial charge in [-0.25, -0.2) is 0 Å². The minimum Gasteiger partial charge on any atom is -0.310 e. The van der Waals surface area contributed by atoms with Gasteiger partial charge in [0.2, 0.25) is 0 Å². The molecule has 10 aromatic carbocycles. The van der Waals surface area contributed by atoms with Crippen LogP contribution in [0.1, 0.15) is 22.3 Å². The summed E-state index contributed by atoms with van der Waals surface area (Å²) in [5.41, 5.74) is 16.4. The van der Waals surface area contributed by atoms with Gasteiger partial charge in [-0.2, -0.15) is 0 Å². The number of para-hydroxylation sites is 2. The third-order valence-corrected chi connectivity index (χ3v) is 14.7. The smallest absolute Gasteiger partial charge is 0.0713 e. The van der Waals surface area contributed by atoms with E-state index in [-0.39, 0.29) is 0 Å². The van der Waals surface area contributed by atoms with Crippen molar-refractivity contribution >= 4 is 70.4 Å². The largest absolute Gasteiger partial charge is 0.310 e. The molecule has 64 heavy (non-hydrogen) atoms. The fraction of sp³-hybridized carbons (Fsp3) is 0.0164. The van der Waals surface area contributed by atoms with Gasteiger partial charge in [-0.15, -0.1) is 11.3 Å². The second-order valence-electron chi connectivity index (χ2n) is 16.8. The Morgan fingerprint density at radius 2 is 0.906 bits per heavy atom. The Balaban J connectivity index is 1.02. The van der Waals surface area contributed by atoms with E-state index in [1.807, 2.05) is 11.3 Å². The third kappa shape index (κ3) is 5.44. The van der Waals surface area contributed by atoms with Gasteiger partial charge in [0.1, 0.15) is 0 Å². The minimum atomic E-state index is -0.468. The summed E-state index contributed by atoms with van der Waals surface area (Å²) >= 11 is 1.88. The lowest BCUT2D eigenvalue weighted by Crippen LogP contribution is -2.28. The van der Waals surface area contributed by atoms with E-state index in [2.05, 4.69) is 252 Å². The number of hydrogen-bond acceptors (Lipinski definition) is 2. The zero-order chi connectivity index (χ0) is 42.2. The maximum absolute atomic E-state index is 2.44. The summed E-state index contributed by atoms with van der Waals surface area (Å²) in [5.74, 6) is 0. The first kappa shape index (κ1) is 36.7. The average molecular weight is 833 g/mol. The van der Waals surface area contributed by atoms with E-state index in [1.54, 1.807) is 0 Å². The summed E-state index contributed by atoms with van der Waals surface area (Å²) in [6.45, 7) is 0. The van der Waals surface area contributed by atoms with Gasteiger partial charge in [0, 0.05) is 53.7 Å². The number of thiophene rings is 1. The number of benzene rings is 10. The highest BCUT2D eigenvalue weighted by Crippen LogP contribution is 2.57. The molecule has 12 aromatic rings. The topological polar surface area (TPSA) is 8.17 Å². The van der Waals surface area contributed by atoms with Gasteiger partial charge in [0.05, 0.1) is 16.4 Å². The number of hydrogen-bond donors (Lipinski definition) is 0. The van der Waals surface area contributed by atoms with Crippen molar-refractivity contribution < 1.29 is 0 Å². The third-order valence-electron chi connectivity index (χ3n) is 13.5. The van der Waals surface area contributed by atoms with Crippen molar-refractivity contribution in [2.75, 3.05) is 4.90 Å². The predicted molar refractivity (Wildman–Crippen MR) is 271 cm³/mol. The van der Waals surface area contributed by atoms with Crippen molar-refractivity contribution in [2.24, 2.45) is 0 Å². The Hall–Kier alpha value is -7.98. The van der Waals surface area contributed by atoms with Crippen LogP contribution in [0.3, 0.4) is 0 Å². The van der Waals surface area contributed by atoms with Gasteiger partial charge in [-0.1, -0.05) is 176 Å². The van der Waals surface area contributed by atoms with Crippen LogP contribution < -0.4 is 4.90 Å². The molecule has 0 fully saturated rings. The molecular formula is C61H40N2S. The lowest BCUT2D eigenvalue weighted by atomic mass is 9.68. The summed E-state index contributed by atoms with van der Waals surface area (Å²) in [5, 5.41) is 5.13. The van der Waals surface area contributed by atoms with E-state index < -0.39 is 5.41 Å². The molecule has 0 N–H and O–H groups in total. The molecule has 0 unspecified atom stereocenters. The second-order valence-corrected chi connectivity index (χ2v) is 17.9. The van der Waals surface area contributed by atoms with E-state index in [4.69, 9.17) is 0 Å². The highest BCUT2D eigenvalue weighted by Gasteiger charge is 2.46. The van der Waals surface area contributed by atoms with E-state index in [9.17, 15) is 0 Å². The molecule has 13 rings (SSSR count). The maximum atomic E-state index is 2.44. The molecule has 300 valence electrons. The lowest BCUT2D eigenvalue weighted by Gasteiger charge is -2.34. The van der Waals surface area contributed by atoms with Gasteiger partial charge in [0.25, 0.3) is 0 Å². The summed E-state index contributed by atoms with van der Waals surface area (Å²) in [6, 6.07) is 89.5. The van der Waals surface area contributed by atoms with Crippen molar-refractivity contribution in [3.63, 3.8) is 0 Å². The van der Waals surface area contributed by atoms with Crippen molar-refractivity contribution in [2.45, 2.75) is 5.41 Å². The summed E-state index contributed by atoms with van der Waals surface area (Å²) in [7, 11) is 0. The summed E-state index contributed by atoms with van der Waals surface area (Å²) < 4.78 is 5.02. The normalized spacial score (nSPS) is 12.8. The molecule has 3 heteroatoms. The molecule has 0 spiro atoms. The maximum Gasteiger partial charge on any atom is 0.0713 e. The minimum absolute atomic E-state index is 0.468. The summed E-state index contributed by atoms with van der Waals surface area (Å²) in [4.78, 5) is 2.44. The van der Waals surface area contributed by atoms with Gasteiger partial charge < -0.3 is 9.47 Å². The van der Waals surface area contributed by atoms with E-state index in [0.717, 1.165) is 22.7 Å². The zero-order valence-electron chi connectivity index (χ0n) is 34.9. The van der Waals surface area contributed by atoms with Gasteiger partial charge >= 0.3 is 0 Å². The van der Waals surface area contributed by atoms with Crippen molar-refractivity contribution in [3.05, 3.63) is 265 Å². The van der Waals surface area contributed by atoms with Crippen LogP contribution in [-0.4, -0.2) is 4.57 Å². The van der Waals surface area contributed by atoms with Crippen LogP contribution in [0, 0.1) is 0 Å². The molecule has 2 heterocycles. The fourth-order valence-electron chi connectivity index (χ4n) is 10.8. The van der Waals surface area contributed by atoms with Gasteiger partial charge in [-0.05, 0) is 111 Å². The van der Waals surface area contributed by atoms with Gasteiger partial charge in [-0.3, -0.25) is 0 Å². The molecule has 0 amide bonds. The second kappa shape index (κ2) is 14.6. The van der Waals surface area contributed by atoms with Crippen LogP contribution in [0.4, 0.5) is 17.1 Å². The van der Waals surface area contributed by atoms with E-state index >= 15 is 0 Å². The van der Waals surface area contributed by atoms with Crippen LogP contribution in [0.15, 0.2) is 243 Å². The van der Waals surface area contributed by atoms with E-state index in [0.29, 0.717) is 0 Å². The first-order valence-corrected chi connectivity index (χ1v) is 22.8. The summed E-state index contributed by atoms with van der Waals surface area (Å²) in [6.07, 6.45) is 0. The van der Waals surface area contributed by atoms with Crippen molar-refractivity contribution in [1.29, 1.82) is 0 Å². The average Bonchev–Trinajstić information content (AvgIpc) is 4.02. The Kier molecular flexibility index (Phi) is 8.34. The Morgan fingerprint density at radius 3 is 1.64 bits per heavy atom. The SMILES string of the molecule is c1ccc(C2(c3ccccc3)c3ccccc3-c3cc(N(c4ccc(-n5c6ccccc6c6ccccc65)cc4)c4cccc(-c5cccc6c5sc5ccccc56)c4)ccc32)cc1. The molecule has 0 atom stereocenters. The molecule has 2 aromatic heterocycles. The standard InChI is InChI=1S/C61H40N2S/c1-3-18-42(19-4-1)61(43-20-5-2-6-21-43)55-29-11-7-23-49(55)54-40-47(37-38-56(54)61)62(44-33-35-45(36-34-44)63-57-30-12-8-24-50(57)51-25-9-13-31-58(51)63)46-22-15-17-41(39-46)48-27-16-28-53-52-26-10-14-32-59(52)64-60(48)53/h1-40H. The zero-order valence-corrected chi connectivity index (χ0v) is 35.7. The Morgan fingerprint density at radius 1 is 0.359 bits per heavy atom. The van der Waals surface area contributed by atoms with Crippen LogP contribution in [-0.2, 0) is 5.41 Å². The predicted octanol–water partition coefficient (Wildman–Crippen LogP) is 16.7. The Bertz CT molecular complexity index is 3640. The molecule has 0 aliphatic heterocycles. The Labute approximate surface area is 376 Å². The first-order chi connectivity index (χ1) is 31.8. The quantitative estimate of drug-likeness (QED) is 0.155. The molecule has 2 nitrogen and oxygen atoms in total. The van der Waals surface area contributed by atoms with Crippen molar-refractivity contribution in [1.82, 2.24) is 4.57 Å². The lowest BCUT2D eigenvalue weighted by molar-refractivity contribution is 0.768. The van der Waals surface area contributed by atoms with Crippen LogP contribution in [0.2, 0.25) is 0 Å². The molecule has 1 aliphatic rings. The molecular weight excluding hydrogens is 793 g/mol. The molecule has 0 saturated heterocycles. The molecule has 0 saturated carbocycles. The van der Waals surface area contributed by atoms with E-state index in [1.165, 1.54) is 86.5 Å². The highest BCUT2D eigenvalue weighted by atomic mass is 32.1. The number of nitrogens with zero attached hydrogens (tertiary/aromatic N) is 2. The molecule has 0 bridgehead atoms. The molecule has 1 aliphatic carbocycles. The van der Waals surface area contributed by atoms with Crippen LogP contribution in [0.25, 0.3) is 69.9 Å². The van der Waals surface area contributed by atoms with Crippen molar-refractivity contribution in [3.8, 4) is 27.9 Å². The number of anilines is 3. The highest BCUT2D eigenvalue weighted by molar-refractivity contribution is 7.26. The number of fused-ring (bicyclic) bond motifs is 9. The van der Waals surface area contributed by atoms with Crippen LogP contribution in [0.5, 0.6) is 0 Å². The number of rotatable bonds is 7. The van der Waals surface area contributed by atoms with Crippen LogP contribution >= 0.6 is 11.3 Å². The molecule has 0 radical (unpaired) electrons. The van der Waals surface area contributed by atoms with Gasteiger partial charge in [0.15, 0.2) is 0 Å².